The van der Waals surface area contributed by atoms with Crippen LogP contribution in [0.25, 0.3) is 0 Å². The second-order valence-corrected chi connectivity index (χ2v) is 6.73. The van der Waals surface area contributed by atoms with Crippen LogP contribution in [0.4, 0.5) is 16.2 Å². The van der Waals surface area contributed by atoms with Gasteiger partial charge in [-0.2, -0.15) is 0 Å². The number of benzene rings is 2. The molecule has 2 aromatic rings. The summed E-state index contributed by atoms with van der Waals surface area (Å²) in [5.74, 6) is -0.879. The van der Waals surface area contributed by atoms with E-state index in [1.807, 2.05) is 0 Å². The van der Waals surface area contributed by atoms with E-state index in [0.717, 1.165) is 0 Å². The Balaban J connectivity index is 2.01. The Bertz CT molecular complexity index is 838. The van der Waals surface area contributed by atoms with Crippen LogP contribution in [0.2, 0.25) is 0 Å². The maximum Gasteiger partial charge on any atom is 0.412 e. The van der Waals surface area contributed by atoms with Crippen molar-refractivity contribution in [3.63, 3.8) is 0 Å². The Morgan fingerprint density at radius 1 is 0.852 bits per heavy atom. The van der Waals surface area contributed by atoms with Crippen LogP contribution in [0.3, 0.4) is 0 Å². The van der Waals surface area contributed by atoms with Crippen LogP contribution in [0.1, 0.15) is 41.5 Å². The Morgan fingerprint density at radius 3 is 1.96 bits per heavy atom. The monoisotopic (exact) mass is 370 g/mol. The van der Waals surface area contributed by atoms with Crippen LogP contribution in [-0.2, 0) is 9.47 Å². The lowest BCUT2D eigenvalue weighted by molar-refractivity contribution is 0.0598. The van der Waals surface area contributed by atoms with Gasteiger partial charge in [-0.05, 0) is 63.2 Å². The molecule has 0 unspecified atom stereocenters. The van der Waals surface area contributed by atoms with Crippen molar-refractivity contribution in [2.75, 3.05) is 17.7 Å². The van der Waals surface area contributed by atoms with Gasteiger partial charge in [0.25, 0.3) is 5.91 Å². The van der Waals surface area contributed by atoms with Gasteiger partial charge in [-0.15, -0.1) is 0 Å². The molecule has 2 amide bonds. The number of amides is 2. The van der Waals surface area contributed by atoms with Crippen LogP contribution >= 0.6 is 0 Å². The summed E-state index contributed by atoms with van der Waals surface area (Å²) in [6.07, 6.45) is -0.557. The van der Waals surface area contributed by atoms with Crippen molar-refractivity contribution in [3.8, 4) is 0 Å². The van der Waals surface area contributed by atoms with Crippen molar-refractivity contribution in [1.82, 2.24) is 0 Å². The number of nitrogens with one attached hydrogen (secondary N) is 2. The van der Waals surface area contributed by atoms with Gasteiger partial charge in [0.05, 0.1) is 12.7 Å². The van der Waals surface area contributed by atoms with E-state index in [-0.39, 0.29) is 5.91 Å². The molecule has 2 rings (SSSR count). The largest absolute Gasteiger partial charge is 0.465 e. The molecule has 142 valence electrons. The highest BCUT2D eigenvalue weighted by Crippen LogP contribution is 2.17. The first-order chi connectivity index (χ1) is 12.7. The predicted octanol–water partition coefficient (Wildman–Crippen LogP) is 4.07. The molecular formula is C20H22N2O5. The molecule has 7 nitrogen and oxygen atoms in total. The van der Waals surface area contributed by atoms with E-state index in [1.165, 1.54) is 13.2 Å². The zero-order chi connectivity index (χ0) is 20.0. The molecule has 7 heteroatoms. The molecule has 0 heterocycles. The second kappa shape index (κ2) is 8.35. The average Bonchev–Trinajstić information content (AvgIpc) is 2.61. The third kappa shape index (κ3) is 6.14. The summed E-state index contributed by atoms with van der Waals surface area (Å²) in [4.78, 5) is 35.7. The van der Waals surface area contributed by atoms with Gasteiger partial charge in [0.2, 0.25) is 0 Å². The second-order valence-electron chi connectivity index (χ2n) is 6.73. The van der Waals surface area contributed by atoms with Crippen molar-refractivity contribution in [3.05, 3.63) is 59.7 Å². The summed E-state index contributed by atoms with van der Waals surface area (Å²) in [7, 11) is 1.28. The molecule has 27 heavy (non-hydrogen) atoms. The number of rotatable bonds is 4. The van der Waals surface area contributed by atoms with Gasteiger partial charge in [-0.1, -0.05) is 6.07 Å². The molecule has 0 aliphatic heterocycles. The summed E-state index contributed by atoms with van der Waals surface area (Å²) in [6, 6.07) is 12.8. The van der Waals surface area contributed by atoms with Gasteiger partial charge in [0.15, 0.2) is 0 Å². The number of esters is 1. The number of anilines is 2. The smallest absolute Gasteiger partial charge is 0.412 e. The molecule has 0 spiro atoms. The van der Waals surface area contributed by atoms with Gasteiger partial charge in [-0.3, -0.25) is 10.1 Å². The predicted molar refractivity (Wildman–Crippen MR) is 102 cm³/mol. The topological polar surface area (TPSA) is 93.7 Å². The van der Waals surface area contributed by atoms with Crippen LogP contribution < -0.4 is 10.6 Å². The number of carbonyl (C=O) groups excluding carboxylic acids is 3. The minimum Gasteiger partial charge on any atom is -0.465 e. The lowest BCUT2D eigenvalue weighted by atomic mass is 10.1. The number of ether oxygens (including phenoxy) is 2. The Morgan fingerprint density at radius 2 is 1.41 bits per heavy atom. The first-order valence-electron chi connectivity index (χ1n) is 8.28. The number of methoxy groups -OCH3 is 1. The molecule has 0 aliphatic rings. The van der Waals surface area contributed by atoms with Gasteiger partial charge in [0, 0.05) is 16.9 Å². The van der Waals surface area contributed by atoms with E-state index in [2.05, 4.69) is 15.4 Å². The SMILES string of the molecule is COC(=O)c1cccc(C(=O)Nc2ccc(NC(=O)OC(C)(C)C)cc2)c1. The molecule has 2 aromatic carbocycles. The maximum atomic E-state index is 12.3. The first kappa shape index (κ1) is 20.0. The van der Waals surface area contributed by atoms with E-state index in [0.29, 0.717) is 22.5 Å². The highest BCUT2D eigenvalue weighted by atomic mass is 16.6. The van der Waals surface area contributed by atoms with Gasteiger partial charge >= 0.3 is 12.1 Å². The number of hydrogen-bond acceptors (Lipinski definition) is 5. The fourth-order valence-electron chi connectivity index (χ4n) is 2.17. The Hall–Kier alpha value is -3.35. The molecule has 0 fully saturated rings. The summed E-state index contributed by atoms with van der Waals surface area (Å²) in [5.41, 5.74) is 1.11. The highest BCUT2D eigenvalue weighted by Gasteiger charge is 2.16. The third-order valence-electron chi connectivity index (χ3n) is 3.33. The zero-order valence-electron chi connectivity index (χ0n) is 15.7. The standard InChI is InChI=1S/C20H22N2O5/c1-20(2,3)27-19(25)22-16-10-8-15(9-11-16)21-17(23)13-6-5-7-14(12-13)18(24)26-4/h5-12H,1-4H3,(H,21,23)(H,22,25). The highest BCUT2D eigenvalue weighted by molar-refractivity contribution is 6.05. The van der Waals surface area contributed by atoms with E-state index in [9.17, 15) is 14.4 Å². The lowest BCUT2D eigenvalue weighted by Crippen LogP contribution is -2.27. The van der Waals surface area contributed by atoms with E-state index in [4.69, 9.17) is 4.74 Å². The van der Waals surface area contributed by atoms with Crippen molar-refractivity contribution in [2.24, 2.45) is 0 Å². The third-order valence-corrected chi connectivity index (χ3v) is 3.33. The number of hydrogen-bond donors (Lipinski definition) is 2. The molecule has 0 saturated heterocycles. The van der Waals surface area contributed by atoms with Crippen LogP contribution in [0, 0.1) is 0 Å². The average molecular weight is 370 g/mol. The van der Waals surface area contributed by atoms with E-state index in [1.54, 1.807) is 63.2 Å². The fourth-order valence-corrected chi connectivity index (χ4v) is 2.17. The fraction of sp³-hybridized carbons (Fsp3) is 0.250. The molecule has 0 saturated carbocycles. The zero-order valence-corrected chi connectivity index (χ0v) is 15.7. The molecular weight excluding hydrogens is 348 g/mol. The molecule has 0 aromatic heterocycles. The number of carbonyl (C=O) groups is 3. The summed E-state index contributed by atoms with van der Waals surface area (Å²) >= 11 is 0. The Labute approximate surface area is 157 Å². The lowest BCUT2D eigenvalue weighted by Gasteiger charge is -2.19. The molecule has 0 aliphatic carbocycles. The molecule has 0 atom stereocenters. The van der Waals surface area contributed by atoms with Crippen molar-refractivity contribution >= 4 is 29.3 Å². The van der Waals surface area contributed by atoms with Crippen LogP contribution in [-0.4, -0.2) is 30.7 Å². The minimum absolute atomic E-state index is 0.294. The van der Waals surface area contributed by atoms with Crippen LogP contribution in [0.15, 0.2) is 48.5 Å². The van der Waals surface area contributed by atoms with Crippen LogP contribution in [0.5, 0.6) is 0 Å². The normalized spacial score (nSPS) is 10.7. The van der Waals surface area contributed by atoms with E-state index < -0.39 is 17.7 Å². The summed E-state index contributed by atoms with van der Waals surface area (Å²) in [5, 5.41) is 5.34. The van der Waals surface area contributed by atoms with Crippen molar-refractivity contribution < 1.29 is 23.9 Å². The van der Waals surface area contributed by atoms with E-state index >= 15 is 0 Å². The Kier molecular flexibility index (Phi) is 6.18. The molecule has 0 radical (unpaired) electrons. The van der Waals surface area contributed by atoms with Gasteiger partial charge in [-0.25, -0.2) is 9.59 Å². The summed E-state index contributed by atoms with van der Waals surface area (Å²) < 4.78 is 9.83. The molecule has 0 bridgehead atoms. The van der Waals surface area contributed by atoms with Gasteiger partial charge < -0.3 is 14.8 Å². The van der Waals surface area contributed by atoms with Crippen molar-refractivity contribution in [1.29, 1.82) is 0 Å². The first-order valence-corrected chi connectivity index (χ1v) is 8.28. The van der Waals surface area contributed by atoms with Crippen molar-refractivity contribution in [2.45, 2.75) is 26.4 Å². The summed E-state index contributed by atoms with van der Waals surface area (Å²) in [6.45, 7) is 5.33. The minimum atomic E-state index is -0.587. The van der Waals surface area contributed by atoms with Gasteiger partial charge in [0.1, 0.15) is 5.60 Å². The maximum absolute atomic E-state index is 12.3. The quantitative estimate of drug-likeness (QED) is 0.791. The molecule has 2 N–H and O–H groups in total.